The Morgan fingerprint density at radius 2 is 1.37 bits per heavy atom. The van der Waals surface area contributed by atoms with Gasteiger partial charge < -0.3 is 36.7 Å². The lowest BCUT2D eigenvalue weighted by Gasteiger charge is -2.23. The van der Waals surface area contributed by atoms with E-state index in [2.05, 4.69) is 20.6 Å². The number of nitrogens with zero attached hydrogens (tertiary/aromatic N) is 1. The molecule has 0 fully saturated rings. The van der Waals surface area contributed by atoms with Crippen molar-refractivity contribution in [2.24, 2.45) is 5.73 Å². The van der Waals surface area contributed by atoms with Crippen LogP contribution in [-0.2, 0) is 33.6 Å². The minimum Gasteiger partial charge on any atom is -0.508 e. The molecule has 2 aromatic carbocycles. The Bertz CT molecular complexity index is 1130. The molecule has 0 saturated heterocycles. The number of aromatic amines is 1. The Hall–Kier alpha value is -4.38. The SMILES string of the molecule is N[C@@H](Cc1ccc(O)cc1)C(=O)N[C@@H](Cc1cnc[nH]1)C(=O)N[C@@H](Cc1ccc(O)cc1)C(=O)O. The van der Waals surface area contributed by atoms with Crippen LogP contribution in [0.3, 0.4) is 0 Å². The number of amides is 2. The molecule has 0 saturated carbocycles. The summed E-state index contributed by atoms with van der Waals surface area (Å²) < 4.78 is 0. The lowest BCUT2D eigenvalue weighted by Crippen LogP contribution is -2.56. The van der Waals surface area contributed by atoms with Crippen molar-refractivity contribution in [2.75, 3.05) is 0 Å². The molecule has 0 unspecified atom stereocenters. The molecule has 0 spiro atoms. The van der Waals surface area contributed by atoms with Crippen molar-refractivity contribution < 1.29 is 29.7 Å². The second-order valence-electron chi connectivity index (χ2n) is 8.09. The van der Waals surface area contributed by atoms with Crippen LogP contribution in [0.25, 0.3) is 0 Å². The molecule has 3 atom stereocenters. The summed E-state index contributed by atoms with van der Waals surface area (Å²) in [5, 5.41) is 33.5. The highest BCUT2D eigenvalue weighted by Gasteiger charge is 2.29. The number of carboxylic acid groups (broad SMARTS) is 1. The minimum atomic E-state index is -1.26. The fourth-order valence-electron chi connectivity index (χ4n) is 3.42. The number of carbonyl (C=O) groups is 3. The first-order chi connectivity index (χ1) is 16.7. The zero-order valence-corrected chi connectivity index (χ0v) is 18.7. The van der Waals surface area contributed by atoms with Gasteiger partial charge in [0.2, 0.25) is 11.8 Å². The Morgan fingerprint density at radius 1 is 0.829 bits per heavy atom. The maximum Gasteiger partial charge on any atom is 0.326 e. The van der Waals surface area contributed by atoms with Gasteiger partial charge in [-0.1, -0.05) is 24.3 Å². The predicted molar refractivity (Wildman–Crippen MR) is 125 cm³/mol. The Kier molecular flexibility index (Phi) is 8.41. The fourth-order valence-corrected chi connectivity index (χ4v) is 3.42. The van der Waals surface area contributed by atoms with Crippen molar-refractivity contribution >= 4 is 17.8 Å². The normalized spacial score (nSPS) is 13.4. The molecule has 0 aliphatic rings. The Morgan fingerprint density at radius 3 is 1.89 bits per heavy atom. The van der Waals surface area contributed by atoms with Crippen LogP contribution in [0.4, 0.5) is 0 Å². The van der Waals surface area contributed by atoms with Crippen molar-refractivity contribution in [3.8, 4) is 11.5 Å². The average Bonchev–Trinajstić information content (AvgIpc) is 3.34. The largest absolute Gasteiger partial charge is 0.508 e. The maximum atomic E-state index is 13.1. The van der Waals surface area contributed by atoms with Crippen LogP contribution in [0.5, 0.6) is 11.5 Å². The summed E-state index contributed by atoms with van der Waals surface area (Å²) in [5.41, 5.74) is 7.91. The highest BCUT2D eigenvalue weighted by Crippen LogP contribution is 2.13. The van der Waals surface area contributed by atoms with Gasteiger partial charge in [0.05, 0.1) is 12.4 Å². The highest BCUT2D eigenvalue weighted by molar-refractivity contribution is 5.92. The van der Waals surface area contributed by atoms with Crippen LogP contribution >= 0.6 is 0 Å². The number of aromatic nitrogens is 2. The summed E-state index contributed by atoms with van der Waals surface area (Å²) in [5.74, 6) is -2.42. The summed E-state index contributed by atoms with van der Waals surface area (Å²) in [4.78, 5) is 44.4. The van der Waals surface area contributed by atoms with E-state index >= 15 is 0 Å². The number of rotatable bonds is 11. The number of phenols is 2. The third kappa shape index (κ3) is 7.57. The van der Waals surface area contributed by atoms with Crippen LogP contribution in [0.2, 0.25) is 0 Å². The first kappa shape index (κ1) is 25.2. The molecule has 11 heteroatoms. The molecule has 1 heterocycles. The summed E-state index contributed by atoms with van der Waals surface area (Å²) >= 11 is 0. The third-order valence-electron chi connectivity index (χ3n) is 5.33. The minimum absolute atomic E-state index is 0.0214. The summed E-state index contributed by atoms with van der Waals surface area (Å²) in [7, 11) is 0. The van der Waals surface area contributed by atoms with Crippen LogP contribution < -0.4 is 16.4 Å². The van der Waals surface area contributed by atoms with E-state index in [0.29, 0.717) is 11.3 Å². The summed E-state index contributed by atoms with van der Waals surface area (Å²) in [6, 6.07) is 8.84. The fraction of sp³-hybridized carbons (Fsp3) is 0.250. The van der Waals surface area contributed by atoms with Crippen molar-refractivity contribution in [2.45, 2.75) is 37.4 Å². The lowest BCUT2D eigenvalue weighted by atomic mass is 10.0. The Balaban J connectivity index is 1.70. The van der Waals surface area contributed by atoms with Gasteiger partial charge in [-0.15, -0.1) is 0 Å². The third-order valence-corrected chi connectivity index (χ3v) is 5.33. The van der Waals surface area contributed by atoms with E-state index in [0.717, 1.165) is 5.56 Å². The number of benzene rings is 2. The van der Waals surface area contributed by atoms with E-state index in [1.165, 1.54) is 36.8 Å². The van der Waals surface area contributed by atoms with Crippen molar-refractivity contribution in [3.05, 3.63) is 77.9 Å². The van der Waals surface area contributed by atoms with Crippen LogP contribution in [0, 0.1) is 0 Å². The standard InChI is InChI=1S/C24H27N5O6/c25-19(9-14-1-5-17(30)6-2-14)22(32)28-20(11-16-12-26-13-27-16)23(33)29-21(24(34)35)10-15-3-7-18(31)8-4-15/h1-8,12-13,19-21,30-31H,9-11,25H2,(H,26,27)(H,28,32)(H,29,33)(H,34,35)/t19-,20-,21-/m0/s1. The van der Waals surface area contributed by atoms with Crippen molar-refractivity contribution in [1.29, 1.82) is 0 Å². The van der Waals surface area contributed by atoms with Gasteiger partial charge in [-0.3, -0.25) is 9.59 Å². The molecule has 35 heavy (non-hydrogen) atoms. The number of imidazole rings is 1. The molecule has 0 bridgehead atoms. The van der Waals surface area contributed by atoms with E-state index in [1.54, 1.807) is 24.3 Å². The van der Waals surface area contributed by atoms with Gasteiger partial charge >= 0.3 is 5.97 Å². The molecule has 184 valence electrons. The van der Waals surface area contributed by atoms with E-state index in [1.807, 2.05) is 0 Å². The molecular weight excluding hydrogens is 454 g/mol. The number of aromatic hydroxyl groups is 2. The molecule has 8 N–H and O–H groups in total. The number of carbonyl (C=O) groups excluding carboxylic acids is 2. The lowest BCUT2D eigenvalue weighted by molar-refractivity contribution is -0.142. The van der Waals surface area contributed by atoms with E-state index < -0.39 is 35.9 Å². The van der Waals surface area contributed by atoms with Gasteiger partial charge in [0, 0.05) is 24.7 Å². The zero-order valence-electron chi connectivity index (χ0n) is 18.7. The molecule has 0 aliphatic carbocycles. The van der Waals surface area contributed by atoms with Crippen LogP contribution in [-0.4, -0.2) is 61.2 Å². The second kappa shape index (κ2) is 11.7. The quantitative estimate of drug-likeness (QED) is 0.202. The molecule has 2 amide bonds. The molecule has 1 aromatic heterocycles. The Labute approximate surface area is 201 Å². The smallest absolute Gasteiger partial charge is 0.326 e. The van der Waals surface area contributed by atoms with Gasteiger partial charge in [0.25, 0.3) is 0 Å². The average molecular weight is 482 g/mol. The number of hydrogen-bond acceptors (Lipinski definition) is 7. The van der Waals surface area contributed by atoms with Crippen molar-refractivity contribution in [3.63, 3.8) is 0 Å². The van der Waals surface area contributed by atoms with Crippen LogP contribution in [0.15, 0.2) is 61.1 Å². The molecule has 0 aliphatic heterocycles. The molecular formula is C24H27N5O6. The van der Waals surface area contributed by atoms with Gasteiger partial charge in [0.15, 0.2) is 0 Å². The van der Waals surface area contributed by atoms with Crippen LogP contribution in [0.1, 0.15) is 16.8 Å². The monoisotopic (exact) mass is 481 g/mol. The van der Waals surface area contributed by atoms with E-state index in [9.17, 15) is 29.7 Å². The summed E-state index contributed by atoms with van der Waals surface area (Å²) in [6.07, 6.45) is 3.10. The number of aliphatic carboxylic acids is 1. The van der Waals surface area contributed by atoms with E-state index in [-0.39, 0.29) is 30.8 Å². The van der Waals surface area contributed by atoms with Gasteiger partial charge in [-0.05, 0) is 41.8 Å². The highest BCUT2D eigenvalue weighted by atomic mass is 16.4. The first-order valence-corrected chi connectivity index (χ1v) is 10.8. The number of H-pyrrole nitrogens is 1. The van der Waals surface area contributed by atoms with E-state index in [4.69, 9.17) is 5.73 Å². The zero-order chi connectivity index (χ0) is 25.4. The molecule has 3 aromatic rings. The predicted octanol–water partition coefficient (Wildman–Crippen LogP) is 0.230. The molecule has 11 nitrogen and oxygen atoms in total. The molecule has 3 rings (SSSR count). The van der Waals surface area contributed by atoms with Gasteiger partial charge in [-0.2, -0.15) is 0 Å². The van der Waals surface area contributed by atoms with Gasteiger partial charge in [-0.25, -0.2) is 9.78 Å². The second-order valence-corrected chi connectivity index (χ2v) is 8.09. The maximum absolute atomic E-state index is 13.1. The topological polar surface area (TPSA) is 191 Å². The van der Waals surface area contributed by atoms with Gasteiger partial charge in [0.1, 0.15) is 23.6 Å². The number of phenolic OH excluding ortho intramolecular Hbond substituents is 2. The number of nitrogens with two attached hydrogens (primary N) is 1. The number of nitrogens with one attached hydrogen (secondary N) is 3. The number of carboxylic acids is 1. The molecule has 0 radical (unpaired) electrons. The van der Waals surface area contributed by atoms with Crippen molar-refractivity contribution in [1.82, 2.24) is 20.6 Å². The number of hydrogen-bond donors (Lipinski definition) is 7. The summed E-state index contributed by atoms with van der Waals surface area (Å²) in [6.45, 7) is 0. The first-order valence-electron chi connectivity index (χ1n) is 10.8.